The van der Waals surface area contributed by atoms with Crippen LogP contribution in [0.3, 0.4) is 0 Å². The van der Waals surface area contributed by atoms with E-state index in [1.165, 1.54) is 24.3 Å². The quantitative estimate of drug-likeness (QED) is 0.869. The largest absolute Gasteiger partial charge is 0.477 e. The third-order valence-corrected chi connectivity index (χ3v) is 2.60. The van der Waals surface area contributed by atoms with E-state index in [0.29, 0.717) is 5.89 Å². The Balaban J connectivity index is 2.46. The Labute approximate surface area is 114 Å². The van der Waals surface area contributed by atoms with Gasteiger partial charge in [0.25, 0.3) is 5.89 Å². The smallest absolute Gasteiger partial charge is 0.341 e. The van der Waals surface area contributed by atoms with Gasteiger partial charge in [0.2, 0.25) is 5.89 Å². The van der Waals surface area contributed by atoms with Crippen molar-refractivity contribution in [2.24, 2.45) is 0 Å². The summed E-state index contributed by atoms with van der Waals surface area (Å²) < 4.78 is 18.8. The molecule has 0 atom stereocenters. The van der Waals surface area contributed by atoms with Gasteiger partial charge in [-0.3, -0.25) is 0 Å². The summed E-state index contributed by atoms with van der Waals surface area (Å²) in [7, 11) is 0. The van der Waals surface area contributed by atoms with E-state index in [-0.39, 0.29) is 22.9 Å². The van der Waals surface area contributed by atoms with Crippen LogP contribution in [0.4, 0.5) is 4.39 Å². The van der Waals surface area contributed by atoms with Crippen LogP contribution in [-0.4, -0.2) is 21.3 Å². The molecule has 6 heteroatoms. The molecule has 0 spiro atoms. The molecule has 5 nitrogen and oxygen atoms in total. The minimum Gasteiger partial charge on any atom is -0.477 e. The summed E-state index contributed by atoms with van der Waals surface area (Å²) in [6.45, 7) is 3.69. The van der Waals surface area contributed by atoms with Crippen LogP contribution in [0.5, 0.6) is 0 Å². The molecule has 0 aliphatic carbocycles. The molecule has 0 bridgehead atoms. The highest BCUT2D eigenvalue weighted by atomic mass is 19.1. The van der Waals surface area contributed by atoms with Crippen molar-refractivity contribution in [2.45, 2.75) is 19.8 Å². The summed E-state index contributed by atoms with van der Waals surface area (Å²) in [4.78, 5) is 11.3. The number of rotatable bonds is 4. The van der Waals surface area contributed by atoms with Gasteiger partial charge in [-0.2, -0.15) is 0 Å². The lowest BCUT2D eigenvalue weighted by molar-refractivity contribution is -0.130. The number of carboxylic acid groups (broad SMARTS) is 1. The molecule has 1 N–H and O–H groups in total. The minimum atomic E-state index is -1.26. The monoisotopic (exact) mass is 276 g/mol. The second-order valence-corrected chi connectivity index (χ2v) is 4.48. The summed E-state index contributed by atoms with van der Waals surface area (Å²) in [6.07, 6.45) is 1.18. The van der Waals surface area contributed by atoms with Gasteiger partial charge in [-0.05, 0) is 12.1 Å². The van der Waals surface area contributed by atoms with Crippen LogP contribution in [-0.2, 0) is 4.79 Å². The Morgan fingerprint density at radius 1 is 1.35 bits per heavy atom. The standard InChI is InChI=1S/C14H13FN2O3/c1-8(2)12-16-17-13(20-12)10(14(18)19)7-9-5-3-4-6-11(9)15/h3-8H,1-2H3,(H,18,19)/b10-7-. The van der Waals surface area contributed by atoms with E-state index in [1.807, 2.05) is 13.8 Å². The van der Waals surface area contributed by atoms with Crippen molar-refractivity contribution >= 4 is 17.6 Å². The highest BCUT2D eigenvalue weighted by Gasteiger charge is 2.19. The minimum absolute atomic E-state index is 0.0141. The molecular weight excluding hydrogens is 263 g/mol. The number of carbonyl (C=O) groups is 1. The molecule has 0 unspecified atom stereocenters. The maximum atomic E-state index is 13.6. The molecule has 0 saturated heterocycles. The first-order chi connectivity index (χ1) is 9.49. The Morgan fingerprint density at radius 3 is 2.60 bits per heavy atom. The second-order valence-electron chi connectivity index (χ2n) is 4.48. The fraction of sp³-hybridized carbons (Fsp3) is 0.214. The van der Waals surface area contributed by atoms with Crippen molar-refractivity contribution in [2.75, 3.05) is 0 Å². The van der Waals surface area contributed by atoms with Gasteiger partial charge < -0.3 is 9.52 Å². The number of hydrogen-bond acceptors (Lipinski definition) is 4. The maximum Gasteiger partial charge on any atom is 0.341 e. The topological polar surface area (TPSA) is 76.2 Å². The summed E-state index contributed by atoms with van der Waals surface area (Å²) >= 11 is 0. The van der Waals surface area contributed by atoms with Crippen LogP contribution >= 0.6 is 0 Å². The summed E-state index contributed by atoms with van der Waals surface area (Å²) in [5.41, 5.74) is -0.0938. The van der Waals surface area contributed by atoms with Gasteiger partial charge in [-0.25, -0.2) is 9.18 Å². The molecule has 1 aromatic carbocycles. The Hall–Kier alpha value is -2.50. The van der Waals surface area contributed by atoms with E-state index in [1.54, 1.807) is 6.07 Å². The van der Waals surface area contributed by atoms with Gasteiger partial charge in [-0.15, -0.1) is 10.2 Å². The molecule has 0 radical (unpaired) electrons. The van der Waals surface area contributed by atoms with Crippen molar-refractivity contribution in [3.63, 3.8) is 0 Å². The highest BCUT2D eigenvalue weighted by molar-refractivity contribution is 6.19. The number of aliphatic carboxylic acids is 1. The highest BCUT2D eigenvalue weighted by Crippen LogP contribution is 2.21. The van der Waals surface area contributed by atoms with Crippen molar-refractivity contribution in [3.05, 3.63) is 47.4 Å². The number of nitrogens with zero attached hydrogens (tertiary/aromatic N) is 2. The number of carboxylic acids is 1. The predicted octanol–water partition coefficient (Wildman–Crippen LogP) is 2.96. The van der Waals surface area contributed by atoms with Gasteiger partial charge in [0.05, 0.1) is 0 Å². The number of benzene rings is 1. The van der Waals surface area contributed by atoms with Crippen molar-refractivity contribution in [1.29, 1.82) is 0 Å². The van der Waals surface area contributed by atoms with E-state index < -0.39 is 11.8 Å². The van der Waals surface area contributed by atoms with Crippen LogP contribution in [0.25, 0.3) is 11.6 Å². The molecule has 0 aliphatic heterocycles. The summed E-state index contributed by atoms with van der Waals surface area (Å²) in [5.74, 6) is -1.59. The van der Waals surface area contributed by atoms with Gasteiger partial charge in [-0.1, -0.05) is 32.0 Å². The van der Waals surface area contributed by atoms with Gasteiger partial charge >= 0.3 is 5.97 Å². The molecular formula is C14H13FN2O3. The van der Waals surface area contributed by atoms with Crippen LogP contribution in [0, 0.1) is 5.82 Å². The van der Waals surface area contributed by atoms with Gasteiger partial charge in [0.15, 0.2) is 0 Å². The molecule has 20 heavy (non-hydrogen) atoms. The zero-order chi connectivity index (χ0) is 14.7. The molecule has 0 saturated carbocycles. The summed E-state index contributed by atoms with van der Waals surface area (Å²) in [6, 6.07) is 5.86. The maximum absolute atomic E-state index is 13.6. The zero-order valence-corrected chi connectivity index (χ0v) is 11.0. The molecule has 0 fully saturated rings. The zero-order valence-electron chi connectivity index (χ0n) is 11.0. The number of hydrogen-bond donors (Lipinski definition) is 1. The van der Waals surface area contributed by atoms with E-state index >= 15 is 0 Å². The number of aromatic nitrogens is 2. The SMILES string of the molecule is CC(C)c1nnc(/C(=C/c2ccccc2F)C(=O)O)o1. The normalized spacial score (nSPS) is 11.9. The first-order valence-corrected chi connectivity index (χ1v) is 6.02. The first-order valence-electron chi connectivity index (χ1n) is 6.02. The molecule has 104 valence electrons. The molecule has 1 heterocycles. The lowest BCUT2D eigenvalue weighted by Crippen LogP contribution is -2.00. The van der Waals surface area contributed by atoms with E-state index in [0.717, 1.165) is 0 Å². The van der Waals surface area contributed by atoms with E-state index in [4.69, 9.17) is 4.42 Å². The third kappa shape index (κ3) is 2.90. The molecule has 0 amide bonds. The van der Waals surface area contributed by atoms with Crippen LogP contribution < -0.4 is 0 Å². The lowest BCUT2D eigenvalue weighted by Gasteiger charge is -1.99. The average Bonchev–Trinajstić information content (AvgIpc) is 2.87. The second kappa shape index (κ2) is 5.64. The van der Waals surface area contributed by atoms with Crippen molar-refractivity contribution in [3.8, 4) is 0 Å². The van der Waals surface area contributed by atoms with Crippen LogP contribution in [0.15, 0.2) is 28.7 Å². The summed E-state index contributed by atoms with van der Waals surface area (Å²) in [5, 5.41) is 16.7. The van der Waals surface area contributed by atoms with Crippen LogP contribution in [0.2, 0.25) is 0 Å². The Bertz CT molecular complexity index is 662. The molecule has 2 rings (SSSR count). The van der Waals surface area contributed by atoms with E-state index in [2.05, 4.69) is 10.2 Å². The fourth-order valence-electron chi connectivity index (χ4n) is 1.54. The predicted molar refractivity (Wildman–Crippen MR) is 70.3 cm³/mol. The Morgan fingerprint density at radius 2 is 2.05 bits per heavy atom. The average molecular weight is 276 g/mol. The fourth-order valence-corrected chi connectivity index (χ4v) is 1.54. The van der Waals surface area contributed by atoms with Gasteiger partial charge in [0, 0.05) is 11.5 Å². The lowest BCUT2D eigenvalue weighted by atomic mass is 10.1. The van der Waals surface area contributed by atoms with Crippen molar-refractivity contribution < 1.29 is 18.7 Å². The molecule has 2 aromatic rings. The van der Waals surface area contributed by atoms with E-state index in [9.17, 15) is 14.3 Å². The first kappa shape index (κ1) is 13.9. The number of halogens is 1. The molecule has 0 aliphatic rings. The Kier molecular flexibility index (Phi) is 3.93. The van der Waals surface area contributed by atoms with Crippen molar-refractivity contribution in [1.82, 2.24) is 10.2 Å². The third-order valence-electron chi connectivity index (χ3n) is 2.60. The van der Waals surface area contributed by atoms with Crippen LogP contribution in [0.1, 0.15) is 37.1 Å². The van der Waals surface area contributed by atoms with Gasteiger partial charge in [0.1, 0.15) is 11.4 Å². The molecule has 1 aromatic heterocycles.